The van der Waals surface area contributed by atoms with E-state index in [9.17, 15) is 8.42 Å². The summed E-state index contributed by atoms with van der Waals surface area (Å²) in [6, 6.07) is 8.21. The van der Waals surface area contributed by atoms with E-state index in [4.69, 9.17) is 0 Å². The molecule has 1 aromatic carbocycles. The molecule has 0 amide bonds. The van der Waals surface area contributed by atoms with Crippen molar-refractivity contribution >= 4 is 10.0 Å². The van der Waals surface area contributed by atoms with E-state index in [-0.39, 0.29) is 5.75 Å². The molecule has 0 aliphatic heterocycles. The highest BCUT2D eigenvalue weighted by atomic mass is 32.2. The van der Waals surface area contributed by atoms with Crippen molar-refractivity contribution in [1.29, 1.82) is 0 Å². The minimum Gasteiger partial charge on any atom is -0.316 e. The van der Waals surface area contributed by atoms with Crippen LogP contribution < -0.4 is 10.0 Å². The Hall–Kier alpha value is -0.910. The molecule has 1 aliphatic carbocycles. The molecular weight excluding hydrogens is 248 g/mol. The van der Waals surface area contributed by atoms with Gasteiger partial charge in [0, 0.05) is 19.0 Å². The van der Waals surface area contributed by atoms with Gasteiger partial charge in [0.2, 0.25) is 10.0 Å². The Morgan fingerprint density at radius 2 is 2.11 bits per heavy atom. The van der Waals surface area contributed by atoms with Gasteiger partial charge in [0.05, 0.1) is 5.75 Å². The number of sulfonamides is 1. The first kappa shape index (κ1) is 13.5. The van der Waals surface area contributed by atoms with E-state index in [0.717, 1.165) is 13.0 Å². The lowest BCUT2D eigenvalue weighted by Gasteiger charge is -2.30. The van der Waals surface area contributed by atoms with Crippen molar-refractivity contribution in [3.05, 3.63) is 35.4 Å². The summed E-state index contributed by atoms with van der Waals surface area (Å²) in [5.74, 6) is 0.491. The van der Waals surface area contributed by atoms with Crippen molar-refractivity contribution in [3.63, 3.8) is 0 Å². The zero-order valence-electron chi connectivity index (χ0n) is 10.6. The molecule has 0 aromatic heterocycles. The van der Waals surface area contributed by atoms with Crippen molar-refractivity contribution in [3.8, 4) is 0 Å². The predicted molar refractivity (Wildman–Crippen MR) is 73.2 cm³/mol. The summed E-state index contributed by atoms with van der Waals surface area (Å²) in [5, 5.41) is 3.02. The average molecular weight is 268 g/mol. The van der Waals surface area contributed by atoms with Crippen LogP contribution in [0.4, 0.5) is 0 Å². The van der Waals surface area contributed by atoms with E-state index in [1.54, 1.807) is 0 Å². The molecule has 2 N–H and O–H groups in total. The lowest BCUT2D eigenvalue weighted by Crippen LogP contribution is -2.36. The van der Waals surface area contributed by atoms with Crippen LogP contribution in [0.15, 0.2) is 24.3 Å². The molecule has 100 valence electrons. The second-order valence-electron chi connectivity index (χ2n) is 4.62. The number of hydrogen-bond donors (Lipinski definition) is 2. The highest BCUT2D eigenvalue weighted by Gasteiger charge is 2.26. The maximum Gasteiger partial charge on any atom is 0.212 e. The highest BCUT2D eigenvalue weighted by Crippen LogP contribution is 2.34. The molecule has 0 fully saturated rings. The maximum atomic E-state index is 11.7. The molecule has 0 saturated carbocycles. The first-order chi connectivity index (χ1) is 8.62. The third-order valence-electron chi connectivity index (χ3n) is 3.31. The fourth-order valence-corrected chi connectivity index (χ4v) is 3.24. The monoisotopic (exact) mass is 268 g/mol. The zero-order valence-corrected chi connectivity index (χ0v) is 11.5. The Balaban J connectivity index is 1.79. The van der Waals surface area contributed by atoms with Crippen LogP contribution in [0.25, 0.3) is 0 Å². The molecule has 18 heavy (non-hydrogen) atoms. The van der Waals surface area contributed by atoms with Gasteiger partial charge in [-0.3, -0.25) is 0 Å². The number of benzene rings is 1. The molecule has 4 nitrogen and oxygen atoms in total. The SMILES string of the molecule is CCNCCS(=O)(=O)NCC1Cc2ccccc21. The molecule has 0 heterocycles. The van der Waals surface area contributed by atoms with Crippen LogP contribution in [0.3, 0.4) is 0 Å². The standard InChI is InChI=1S/C13H20N2O2S/c1-2-14-7-8-18(16,17)15-10-12-9-11-5-3-4-6-13(11)12/h3-6,12,14-15H,2,7-10H2,1H3. The van der Waals surface area contributed by atoms with Crippen molar-refractivity contribution in [2.45, 2.75) is 19.3 Å². The van der Waals surface area contributed by atoms with Gasteiger partial charge in [-0.05, 0) is 24.1 Å². The molecule has 0 saturated heterocycles. The van der Waals surface area contributed by atoms with Crippen molar-refractivity contribution in [2.75, 3.05) is 25.4 Å². The van der Waals surface area contributed by atoms with Crippen LogP contribution >= 0.6 is 0 Å². The molecule has 0 spiro atoms. The minimum absolute atomic E-state index is 0.148. The summed E-state index contributed by atoms with van der Waals surface area (Å²) in [4.78, 5) is 0. The van der Waals surface area contributed by atoms with E-state index in [2.05, 4.69) is 22.2 Å². The third-order valence-corrected chi connectivity index (χ3v) is 4.66. The Bertz CT molecular complexity index is 499. The summed E-state index contributed by atoms with van der Waals surface area (Å²) < 4.78 is 26.1. The van der Waals surface area contributed by atoms with Gasteiger partial charge in [-0.2, -0.15) is 0 Å². The Morgan fingerprint density at radius 1 is 1.33 bits per heavy atom. The van der Waals surface area contributed by atoms with Crippen LogP contribution in [0.2, 0.25) is 0 Å². The van der Waals surface area contributed by atoms with Crippen LogP contribution in [0.5, 0.6) is 0 Å². The third kappa shape index (κ3) is 3.31. The average Bonchev–Trinajstić information content (AvgIpc) is 2.30. The predicted octanol–water partition coefficient (Wildman–Crippen LogP) is 0.855. The van der Waals surface area contributed by atoms with Gasteiger partial charge in [-0.25, -0.2) is 13.1 Å². The van der Waals surface area contributed by atoms with Crippen molar-refractivity contribution in [1.82, 2.24) is 10.0 Å². The maximum absolute atomic E-state index is 11.7. The van der Waals surface area contributed by atoms with Crippen LogP contribution in [-0.4, -0.2) is 33.8 Å². The van der Waals surface area contributed by atoms with Gasteiger partial charge in [0.1, 0.15) is 0 Å². The fourth-order valence-electron chi connectivity index (χ4n) is 2.23. The van der Waals surface area contributed by atoms with E-state index in [1.165, 1.54) is 11.1 Å². The highest BCUT2D eigenvalue weighted by molar-refractivity contribution is 7.89. The summed E-state index contributed by atoms with van der Waals surface area (Å²) in [6.07, 6.45) is 0.978. The van der Waals surface area contributed by atoms with Crippen molar-refractivity contribution < 1.29 is 8.42 Å². The number of fused-ring (bicyclic) bond motifs is 1. The van der Waals surface area contributed by atoms with Gasteiger partial charge in [0.25, 0.3) is 0 Å². The lowest BCUT2D eigenvalue weighted by molar-refractivity contribution is 0.550. The van der Waals surface area contributed by atoms with E-state index in [1.807, 2.05) is 19.1 Å². The first-order valence-electron chi connectivity index (χ1n) is 6.38. The van der Waals surface area contributed by atoms with Gasteiger partial charge in [-0.15, -0.1) is 0 Å². The zero-order chi connectivity index (χ0) is 13.0. The lowest BCUT2D eigenvalue weighted by atomic mass is 9.78. The fraction of sp³-hybridized carbons (Fsp3) is 0.538. The molecule has 1 atom stereocenters. The Morgan fingerprint density at radius 3 is 2.83 bits per heavy atom. The largest absolute Gasteiger partial charge is 0.316 e. The smallest absolute Gasteiger partial charge is 0.212 e. The first-order valence-corrected chi connectivity index (χ1v) is 8.03. The van der Waals surface area contributed by atoms with Gasteiger partial charge < -0.3 is 5.32 Å². The van der Waals surface area contributed by atoms with Crippen LogP contribution in [0, 0.1) is 0 Å². The summed E-state index contributed by atoms with van der Waals surface area (Å²) >= 11 is 0. The van der Waals surface area contributed by atoms with E-state index >= 15 is 0 Å². The molecule has 1 aliphatic rings. The topological polar surface area (TPSA) is 58.2 Å². The quantitative estimate of drug-likeness (QED) is 0.721. The number of nitrogens with one attached hydrogen (secondary N) is 2. The molecule has 2 rings (SSSR count). The minimum atomic E-state index is -3.14. The van der Waals surface area contributed by atoms with Crippen LogP contribution in [-0.2, 0) is 16.4 Å². The van der Waals surface area contributed by atoms with Gasteiger partial charge >= 0.3 is 0 Å². The summed E-state index contributed by atoms with van der Waals surface area (Å²) in [7, 11) is -3.14. The van der Waals surface area contributed by atoms with E-state index in [0.29, 0.717) is 19.0 Å². The van der Waals surface area contributed by atoms with E-state index < -0.39 is 10.0 Å². The molecule has 1 unspecified atom stereocenters. The molecule has 0 bridgehead atoms. The number of hydrogen-bond acceptors (Lipinski definition) is 3. The Labute approximate surface area is 109 Å². The Kier molecular flexibility index (Phi) is 4.37. The molecular formula is C13H20N2O2S. The summed E-state index contributed by atoms with van der Waals surface area (Å²) in [5.41, 5.74) is 2.63. The molecule has 1 aromatic rings. The van der Waals surface area contributed by atoms with Gasteiger partial charge in [-0.1, -0.05) is 31.2 Å². The van der Waals surface area contributed by atoms with Crippen LogP contribution in [0.1, 0.15) is 24.0 Å². The van der Waals surface area contributed by atoms with Crippen molar-refractivity contribution in [2.24, 2.45) is 0 Å². The molecule has 0 radical (unpaired) electrons. The second kappa shape index (κ2) is 5.82. The number of rotatable bonds is 7. The normalized spacial score (nSPS) is 18.2. The van der Waals surface area contributed by atoms with Gasteiger partial charge in [0.15, 0.2) is 0 Å². The molecule has 5 heteroatoms. The summed E-state index contributed by atoms with van der Waals surface area (Å²) in [6.45, 7) is 3.79. The second-order valence-corrected chi connectivity index (χ2v) is 6.55.